The summed E-state index contributed by atoms with van der Waals surface area (Å²) in [4.78, 5) is 67.2. The first kappa shape index (κ1) is 27.7. The van der Waals surface area contributed by atoms with E-state index in [0.717, 1.165) is 28.0 Å². The summed E-state index contributed by atoms with van der Waals surface area (Å²) >= 11 is 7.97. The third-order valence-electron chi connectivity index (χ3n) is 6.88. The van der Waals surface area contributed by atoms with Crippen LogP contribution >= 0.6 is 34.7 Å². The maximum Gasteiger partial charge on any atom is 0.305 e. The highest BCUT2D eigenvalue weighted by Crippen LogP contribution is 2.54. The number of imide groups is 1. The minimum absolute atomic E-state index is 0.173. The van der Waals surface area contributed by atoms with Crippen molar-refractivity contribution in [2.24, 2.45) is 5.92 Å². The summed E-state index contributed by atoms with van der Waals surface area (Å²) in [6.45, 7) is -0.340. The number of benzene rings is 3. The predicted molar refractivity (Wildman–Crippen MR) is 158 cm³/mol. The highest BCUT2D eigenvalue weighted by molar-refractivity contribution is 8.00. The monoisotopic (exact) mass is 622 g/mol. The average Bonchev–Trinajstić information content (AvgIpc) is 3.47. The average molecular weight is 623 g/mol. The van der Waals surface area contributed by atoms with Crippen LogP contribution in [0.3, 0.4) is 0 Å². The van der Waals surface area contributed by atoms with Crippen LogP contribution < -0.4 is 19.8 Å². The van der Waals surface area contributed by atoms with Crippen molar-refractivity contribution in [2.45, 2.75) is 16.2 Å². The second-order valence-corrected chi connectivity index (χ2v) is 12.0. The molecule has 1 fully saturated rings. The summed E-state index contributed by atoms with van der Waals surface area (Å²) in [5.41, 5.74) is 1.12. The van der Waals surface area contributed by atoms with E-state index in [1.807, 2.05) is 0 Å². The molecule has 3 amide bonds. The van der Waals surface area contributed by atoms with Crippen molar-refractivity contribution in [2.75, 3.05) is 16.8 Å². The summed E-state index contributed by atoms with van der Waals surface area (Å²) < 4.78 is 5.93. The van der Waals surface area contributed by atoms with Gasteiger partial charge in [0.2, 0.25) is 11.8 Å². The number of nitro benzene ring substituents is 1. The summed E-state index contributed by atoms with van der Waals surface area (Å²) in [6, 6.07) is 18.6. The van der Waals surface area contributed by atoms with Gasteiger partial charge in [0.25, 0.3) is 11.6 Å². The second kappa shape index (κ2) is 11.1. The highest BCUT2D eigenvalue weighted by atomic mass is 35.5. The van der Waals surface area contributed by atoms with E-state index in [0.29, 0.717) is 31.9 Å². The first-order chi connectivity index (χ1) is 20.2. The van der Waals surface area contributed by atoms with Gasteiger partial charge in [-0.3, -0.25) is 29.3 Å². The number of fused-ring (bicyclic) bond motifs is 2. The molecule has 0 radical (unpaired) electrons. The van der Waals surface area contributed by atoms with Gasteiger partial charge in [-0.2, -0.15) is 0 Å². The van der Waals surface area contributed by atoms with Crippen molar-refractivity contribution in [1.29, 1.82) is 0 Å². The summed E-state index contributed by atoms with van der Waals surface area (Å²) in [5, 5.41) is 14.0. The number of carbonyl (C=O) groups excluding carboxylic acids is 3. The van der Waals surface area contributed by atoms with Gasteiger partial charge in [-0.1, -0.05) is 52.9 Å². The number of para-hydroxylation sites is 1. The molecule has 0 saturated carbocycles. The van der Waals surface area contributed by atoms with Crippen LogP contribution in [-0.2, 0) is 14.4 Å². The number of nitrogens with one attached hydrogen (secondary N) is 2. The number of H-pyrrole nitrogens is 1. The number of aromatic nitrogens is 1. The molecule has 4 aromatic rings. The molecule has 6 rings (SSSR count). The Morgan fingerprint density at radius 2 is 1.74 bits per heavy atom. The number of rotatable bonds is 7. The molecule has 3 heterocycles. The molecule has 2 aliphatic rings. The second-order valence-electron chi connectivity index (χ2n) is 9.42. The number of non-ortho nitro benzene ring substituents is 1. The Kier molecular flexibility index (Phi) is 7.31. The molecule has 3 aromatic carbocycles. The third kappa shape index (κ3) is 5.06. The predicted octanol–water partition coefficient (Wildman–Crippen LogP) is 4.81. The molecule has 3 atom stereocenters. The van der Waals surface area contributed by atoms with Crippen LogP contribution in [0.1, 0.15) is 16.4 Å². The van der Waals surface area contributed by atoms with Gasteiger partial charge in [-0.05, 0) is 42.5 Å². The Hall–Kier alpha value is -4.46. The van der Waals surface area contributed by atoms with Crippen LogP contribution in [0, 0.1) is 16.0 Å². The zero-order valence-corrected chi connectivity index (χ0v) is 23.7. The number of aromatic amines is 1. The molecule has 2 unspecified atom stereocenters. The molecule has 14 heteroatoms. The fourth-order valence-electron chi connectivity index (χ4n) is 5.07. The molecule has 212 valence electrons. The van der Waals surface area contributed by atoms with Gasteiger partial charge in [0, 0.05) is 39.2 Å². The minimum Gasteiger partial charge on any atom is -0.483 e. The number of thiazole rings is 1. The Morgan fingerprint density at radius 1 is 1.02 bits per heavy atom. The van der Waals surface area contributed by atoms with Crippen molar-refractivity contribution in [3.63, 3.8) is 0 Å². The molecule has 1 saturated heterocycles. The largest absolute Gasteiger partial charge is 0.483 e. The molecular weight excluding hydrogens is 604 g/mol. The number of amides is 3. The van der Waals surface area contributed by atoms with E-state index < -0.39 is 39.7 Å². The van der Waals surface area contributed by atoms with E-state index in [-0.39, 0.29) is 22.9 Å². The third-order valence-corrected chi connectivity index (χ3v) is 9.54. The molecule has 2 N–H and O–H groups in total. The number of carbonyl (C=O) groups is 3. The molecule has 1 aromatic heterocycles. The number of anilines is 2. The van der Waals surface area contributed by atoms with Crippen LogP contribution in [-0.4, -0.2) is 39.5 Å². The lowest BCUT2D eigenvalue weighted by atomic mass is 9.82. The zero-order chi connectivity index (χ0) is 29.5. The summed E-state index contributed by atoms with van der Waals surface area (Å²) in [7, 11) is 0. The molecule has 0 bridgehead atoms. The van der Waals surface area contributed by atoms with Gasteiger partial charge in [0.1, 0.15) is 11.0 Å². The normalized spacial score (nSPS) is 19.3. The fourth-order valence-corrected chi connectivity index (χ4v) is 7.70. The molecule has 42 heavy (non-hydrogen) atoms. The van der Waals surface area contributed by atoms with Gasteiger partial charge in [-0.15, -0.1) is 0 Å². The van der Waals surface area contributed by atoms with Crippen LogP contribution in [0.5, 0.6) is 5.75 Å². The molecule has 0 aliphatic carbocycles. The number of ether oxygens (including phenoxy) is 1. The molecule has 0 spiro atoms. The van der Waals surface area contributed by atoms with Crippen LogP contribution in [0.2, 0.25) is 5.02 Å². The van der Waals surface area contributed by atoms with Gasteiger partial charge in [-0.25, -0.2) is 4.90 Å². The highest BCUT2D eigenvalue weighted by Gasteiger charge is 2.56. The standard InChI is InChI=1S/C28H19ClN4O7S2/c29-14-5-7-15(8-6-14)30-20(34)13-40-19-4-2-1-3-18(19)21-22-24(41-25-23(21)42-28(37)31-25)27(36)32(26(22)35)16-9-11-17(12-10-16)33(38)39/h1-12,21-22,24H,13H2,(H,30,34)(H,31,37)/t21-,22?,24?/m1/s1. The van der Waals surface area contributed by atoms with Crippen molar-refractivity contribution in [3.8, 4) is 5.75 Å². The number of halogens is 1. The summed E-state index contributed by atoms with van der Waals surface area (Å²) in [5.74, 6) is -2.73. The molecular formula is C28H19ClN4O7S2. The Balaban J connectivity index is 1.33. The van der Waals surface area contributed by atoms with Crippen molar-refractivity contribution < 1.29 is 24.0 Å². The Bertz CT molecular complexity index is 1790. The van der Waals surface area contributed by atoms with Crippen LogP contribution in [0.4, 0.5) is 17.1 Å². The Morgan fingerprint density at radius 3 is 2.45 bits per heavy atom. The topological polar surface area (TPSA) is 152 Å². The quantitative estimate of drug-likeness (QED) is 0.169. The minimum atomic E-state index is -0.899. The lowest BCUT2D eigenvalue weighted by Crippen LogP contribution is -2.32. The number of nitro groups is 1. The number of nitrogens with zero attached hydrogens (tertiary/aromatic N) is 2. The number of hydrogen-bond donors (Lipinski definition) is 2. The molecule has 11 nitrogen and oxygen atoms in total. The van der Waals surface area contributed by atoms with E-state index in [1.54, 1.807) is 48.5 Å². The van der Waals surface area contributed by atoms with Gasteiger partial charge in [0.15, 0.2) is 6.61 Å². The van der Waals surface area contributed by atoms with E-state index in [4.69, 9.17) is 16.3 Å². The smallest absolute Gasteiger partial charge is 0.305 e. The van der Waals surface area contributed by atoms with Crippen molar-refractivity contribution in [1.82, 2.24) is 4.98 Å². The first-order valence-corrected chi connectivity index (χ1v) is 14.6. The zero-order valence-electron chi connectivity index (χ0n) is 21.3. The van der Waals surface area contributed by atoms with E-state index in [1.165, 1.54) is 24.3 Å². The lowest BCUT2D eigenvalue weighted by molar-refractivity contribution is -0.384. The van der Waals surface area contributed by atoms with Crippen LogP contribution in [0.25, 0.3) is 0 Å². The summed E-state index contributed by atoms with van der Waals surface area (Å²) in [6.07, 6.45) is 0. The van der Waals surface area contributed by atoms with E-state index in [9.17, 15) is 29.3 Å². The maximum absolute atomic E-state index is 13.9. The SMILES string of the molecule is O=C(COc1ccccc1[C@H]1c2sc(=O)[nH]c2SC2C(=O)N(c3ccc([N+](=O)[O-])cc3)C(=O)C21)Nc1ccc(Cl)cc1. The number of hydrogen-bond acceptors (Lipinski definition) is 9. The van der Waals surface area contributed by atoms with Crippen LogP contribution in [0.15, 0.2) is 82.6 Å². The lowest BCUT2D eigenvalue weighted by Gasteiger charge is -2.30. The van der Waals surface area contributed by atoms with Gasteiger partial charge in [0.05, 0.1) is 21.6 Å². The fraction of sp³-hybridized carbons (Fsp3) is 0.143. The first-order valence-electron chi connectivity index (χ1n) is 12.5. The molecule has 2 aliphatic heterocycles. The van der Waals surface area contributed by atoms with E-state index in [2.05, 4.69) is 10.3 Å². The maximum atomic E-state index is 13.9. The van der Waals surface area contributed by atoms with Gasteiger partial charge >= 0.3 is 4.87 Å². The Labute approximate surface area is 250 Å². The van der Waals surface area contributed by atoms with Crippen molar-refractivity contribution in [3.05, 3.63) is 108 Å². The van der Waals surface area contributed by atoms with Gasteiger partial charge < -0.3 is 15.0 Å². The number of thioether (sulfide) groups is 1. The van der Waals surface area contributed by atoms with E-state index >= 15 is 0 Å². The van der Waals surface area contributed by atoms with Crippen molar-refractivity contribution >= 4 is 69.5 Å².